The zero-order valence-corrected chi connectivity index (χ0v) is 11.4. The van der Waals surface area contributed by atoms with E-state index in [4.69, 9.17) is 9.47 Å². The Balaban J connectivity index is 2.95. The van der Waals surface area contributed by atoms with E-state index >= 15 is 0 Å². The number of methoxy groups -OCH3 is 2. The summed E-state index contributed by atoms with van der Waals surface area (Å²) in [6.07, 6.45) is 1.39. The van der Waals surface area contributed by atoms with Gasteiger partial charge in [0.2, 0.25) is 5.91 Å². The third-order valence-electron chi connectivity index (χ3n) is 3.08. The maximum absolute atomic E-state index is 11.5. The number of carbonyl (C=O) groups is 1. The first-order valence-corrected chi connectivity index (χ1v) is 6.08. The Morgan fingerprint density at radius 3 is 2.44 bits per heavy atom. The second-order valence-corrected chi connectivity index (χ2v) is 4.10. The van der Waals surface area contributed by atoms with Crippen LogP contribution in [0.1, 0.15) is 31.2 Å². The predicted octanol–water partition coefficient (Wildman–Crippen LogP) is 2.33. The molecule has 1 atom stereocenters. The first-order valence-electron chi connectivity index (χ1n) is 6.08. The van der Waals surface area contributed by atoms with Crippen LogP contribution in [-0.4, -0.2) is 27.2 Å². The fourth-order valence-electron chi connectivity index (χ4n) is 1.93. The number of hydrogen-bond donors (Lipinski definition) is 1. The minimum absolute atomic E-state index is 0.0524. The van der Waals surface area contributed by atoms with E-state index in [9.17, 15) is 4.79 Å². The van der Waals surface area contributed by atoms with Gasteiger partial charge in [-0.3, -0.25) is 4.79 Å². The van der Waals surface area contributed by atoms with Gasteiger partial charge in [0.05, 0.1) is 14.2 Å². The van der Waals surface area contributed by atoms with Crippen molar-refractivity contribution in [3.63, 3.8) is 0 Å². The molecule has 18 heavy (non-hydrogen) atoms. The number of rotatable bonds is 6. The molecule has 0 aliphatic carbocycles. The normalized spacial score (nSPS) is 11.8. The zero-order chi connectivity index (χ0) is 13.5. The number of amides is 1. The lowest BCUT2D eigenvalue weighted by atomic mass is 9.92. The van der Waals surface area contributed by atoms with Gasteiger partial charge in [-0.25, -0.2) is 0 Å². The molecule has 0 heterocycles. The topological polar surface area (TPSA) is 47.6 Å². The maximum Gasteiger partial charge on any atom is 0.220 e. The van der Waals surface area contributed by atoms with Crippen molar-refractivity contribution in [1.29, 1.82) is 0 Å². The Labute approximate surface area is 108 Å². The second kappa shape index (κ2) is 6.89. The van der Waals surface area contributed by atoms with Gasteiger partial charge in [0.25, 0.3) is 0 Å². The SMILES string of the molecule is CCC(CC(=O)NC)c1ccc(OC)c(OC)c1. The standard InChI is InChI=1S/C14H21NO3/c1-5-10(9-14(16)15-2)11-6-7-12(17-3)13(8-11)18-4/h6-8,10H,5,9H2,1-4H3,(H,15,16). The Bertz CT molecular complexity index is 404. The minimum Gasteiger partial charge on any atom is -0.493 e. The smallest absolute Gasteiger partial charge is 0.220 e. The summed E-state index contributed by atoms with van der Waals surface area (Å²) < 4.78 is 10.5. The van der Waals surface area contributed by atoms with Crippen molar-refractivity contribution in [2.75, 3.05) is 21.3 Å². The Hall–Kier alpha value is -1.71. The molecule has 0 saturated carbocycles. The molecule has 0 fully saturated rings. The first-order chi connectivity index (χ1) is 8.65. The quantitative estimate of drug-likeness (QED) is 0.844. The van der Waals surface area contributed by atoms with E-state index in [1.807, 2.05) is 18.2 Å². The first kappa shape index (κ1) is 14.4. The Kier molecular flexibility index (Phi) is 5.49. The van der Waals surface area contributed by atoms with Crippen LogP contribution in [-0.2, 0) is 4.79 Å². The summed E-state index contributed by atoms with van der Waals surface area (Å²) in [5.74, 6) is 1.66. The molecule has 0 saturated heterocycles. The molecular formula is C14H21NO3. The fourth-order valence-corrected chi connectivity index (χ4v) is 1.93. The molecule has 0 spiro atoms. The maximum atomic E-state index is 11.5. The third-order valence-corrected chi connectivity index (χ3v) is 3.08. The monoisotopic (exact) mass is 251 g/mol. The number of carbonyl (C=O) groups excluding carboxylic acids is 1. The molecule has 1 rings (SSSR count). The number of benzene rings is 1. The molecule has 1 unspecified atom stereocenters. The largest absolute Gasteiger partial charge is 0.493 e. The second-order valence-electron chi connectivity index (χ2n) is 4.10. The number of hydrogen-bond acceptors (Lipinski definition) is 3. The number of nitrogens with one attached hydrogen (secondary N) is 1. The van der Waals surface area contributed by atoms with E-state index < -0.39 is 0 Å². The number of ether oxygens (including phenoxy) is 2. The summed E-state index contributed by atoms with van der Waals surface area (Å²) in [6.45, 7) is 2.07. The molecule has 0 aliphatic rings. The van der Waals surface area contributed by atoms with Crippen LogP contribution in [0.2, 0.25) is 0 Å². The van der Waals surface area contributed by atoms with Crippen LogP contribution in [0.4, 0.5) is 0 Å². The van der Waals surface area contributed by atoms with Gasteiger partial charge in [-0.15, -0.1) is 0 Å². The Morgan fingerprint density at radius 1 is 1.28 bits per heavy atom. The van der Waals surface area contributed by atoms with Gasteiger partial charge >= 0.3 is 0 Å². The lowest BCUT2D eigenvalue weighted by molar-refractivity contribution is -0.121. The fraction of sp³-hybridized carbons (Fsp3) is 0.500. The highest BCUT2D eigenvalue weighted by molar-refractivity contribution is 5.76. The van der Waals surface area contributed by atoms with Gasteiger partial charge in [-0.05, 0) is 30.0 Å². The lowest BCUT2D eigenvalue weighted by Gasteiger charge is -2.16. The van der Waals surface area contributed by atoms with E-state index in [-0.39, 0.29) is 11.8 Å². The lowest BCUT2D eigenvalue weighted by Crippen LogP contribution is -2.20. The molecule has 1 amide bonds. The summed E-state index contributed by atoms with van der Waals surface area (Å²) in [7, 11) is 4.88. The van der Waals surface area contributed by atoms with Crippen molar-refractivity contribution in [3.8, 4) is 11.5 Å². The molecule has 1 N–H and O–H groups in total. The van der Waals surface area contributed by atoms with E-state index in [1.165, 1.54) is 0 Å². The summed E-state index contributed by atoms with van der Waals surface area (Å²) >= 11 is 0. The van der Waals surface area contributed by atoms with E-state index in [1.54, 1.807) is 21.3 Å². The van der Waals surface area contributed by atoms with Crippen molar-refractivity contribution in [2.45, 2.75) is 25.7 Å². The summed E-state index contributed by atoms with van der Waals surface area (Å²) in [6, 6.07) is 5.80. The van der Waals surface area contributed by atoms with Crippen LogP contribution in [0.5, 0.6) is 11.5 Å². The molecule has 4 nitrogen and oxygen atoms in total. The van der Waals surface area contributed by atoms with E-state index in [2.05, 4.69) is 12.2 Å². The van der Waals surface area contributed by atoms with Crippen molar-refractivity contribution < 1.29 is 14.3 Å². The minimum atomic E-state index is 0.0524. The molecule has 4 heteroatoms. The average molecular weight is 251 g/mol. The molecule has 1 aromatic carbocycles. The van der Waals surface area contributed by atoms with Crippen molar-refractivity contribution in [1.82, 2.24) is 5.32 Å². The molecule has 0 aromatic heterocycles. The van der Waals surface area contributed by atoms with Gasteiger partial charge < -0.3 is 14.8 Å². The summed E-state index contributed by atoms with van der Waals surface area (Å²) in [5.41, 5.74) is 1.10. The molecule has 0 bridgehead atoms. The van der Waals surface area contributed by atoms with Gasteiger partial charge in [-0.1, -0.05) is 13.0 Å². The van der Waals surface area contributed by atoms with Gasteiger partial charge in [0.1, 0.15) is 0 Å². The highest BCUT2D eigenvalue weighted by Gasteiger charge is 2.15. The van der Waals surface area contributed by atoms with Crippen LogP contribution in [0, 0.1) is 0 Å². The van der Waals surface area contributed by atoms with Crippen LogP contribution in [0.3, 0.4) is 0 Å². The van der Waals surface area contributed by atoms with Crippen LogP contribution in [0.25, 0.3) is 0 Å². The van der Waals surface area contributed by atoms with Gasteiger partial charge in [-0.2, -0.15) is 0 Å². The van der Waals surface area contributed by atoms with Gasteiger partial charge in [0.15, 0.2) is 11.5 Å². The highest BCUT2D eigenvalue weighted by atomic mass is 16.5. The van der Waals surface area contributed by atoms with E-state index in [0.717, 1.165) is 12.0 Å². The third kappa shape index (κ3) is 3.39. The molecule has 0 radical (unpaired) electrons. The zero-order valence-electron chi connectivity index (χ0n) is 11.4. The van der Waals surface area contributed by atoms with Crippen LogP contribution in [0.15, 0.2) is 18.2 Å². The molecule has 0 aliphatic heterocycles. The van der Waals surface area contributed by atoms with Crippen molar-refractivity contribution in [3.05, 3.63) is 23.8 Å². The Morgan fingerprint density at radius 2 is 1.94 bits per heavy atom. The van der Waals surface area contributed by atoms with Crippen LogP contribution < -0.4 is 14.8 Å². The molecule has 1 aromatic rings. The predicted molar refractivity (Wildman–Crippen MR) is 71.3 cm³/mol. The highest BCUT2D eigenvalue weighted by Crippen LogP contribution is 2.32. The summed E-state index contributed by atoms with van der Waals surface area (Å²) in [4.78, 5) is 11.5. The van der Waals surface area contributed by atoms with Crippen molar-refractivity contribution in [2.24, 2.45) is 0 Å². The molecule has 100 valence electrons. The average Bonchev–Trinajstić information content (AvgIpc) is 2.43. The van der Waals surface area contributed by atoms with Gasteiger partial charge in [0, 0.05) is 13.5 Å². The van der Waals surface area contributed by atoms with Crippen molar-refractivity contribution >= 4 is 5.91 Å². The molecular weight excluding hydrogens is 230 g/mol. The van der Waals surface area contributed by atoms with E-state index in [0.29, 0.717) is 17.9 Å². The van der Waals surface area contributed by atoms with Crippen LogP contribution >= 0.6 is 0 Å². The summed E-state index contributed by atoms with van der Waals surface area (Å²) in [5, 5.41) is 2.66.